The highest BCUT2D eigenvalue weighted by atomic mass is 16.5. The normalized spacial score (nSPS) is 28.9. The first-order valence-electron chi connectivity index (χ1n) is 11.5. The Labute approximate surface area is 180 Å². The Morgan fingerprint density at radius 1 is 1.23 bits per heavy atom. The van der Waals surface area contributed by atoms with Crippen molar-refractivity contribution in [2.75, 3.05) is 19.8 Å². The summed E-state index contributed by atoms with van der Waals surface area (Å²) >= 11 is 0. The second-order valence-electron chi connectivity index (χ2n) is 8.44. The van der Waals surface area contributed by atoms with Gasteiger partial charge in [0.05, 0.1) is 18.4 Å². The molecule has 170 valence electrons. The van der Waals surface area contributed by atoms with Gasteiger partial charge in [-0.05, 0) is 45.4 Å². The average molecular weight is 423 g/mol. The van der Waals surface area contributed by atoms with Gasteiger partial charge < -0.3 is 20.1 Å². The van der Waals surface area contributed by atoms with Crippen molar-refractivity contribution in [2.24, 2.45) is 23.7 Å². The van der Waals surface area contributed by atoms with Crippen LogP contribution in [0.3, 0.4) is 0 Å². The molecule has 2 N–H and O–H groups in total. The zero-order valence-electron chi connectivity index (χ0n) is 18.8. The molecule has 2 rings (SSSR count). The third-order valence-corrected chi connectivity index (χ3v) is 6.33. The van der Waals surface area contributed by atoms with Crippen LogP contribution in [0.4, 0.5) is 0 Å². The molecule has 1 aliphatic heterocycles. The van der Waals surface area contributed by atoms with E-state index in [1.54, 1.807) is 11.8 Å². The van der Waals surface area contributed by atoms with Crippen LogP contribution in [0, 0.1) is 23.7 Å². The van der Waals surface area contributed by atoms with Gasteiger partial charge in [-0.15, -0.1) is 0 Å². The maximum atomic E-state index is 13.5. The molecule has 7 nitrogen and oxygen atoms in total. The number of rotatable bonds is 11. The van der Waals surface area contributed by atoms with Crippen molar-refractivity contribution in [1.29, 1.82) is 0 Å². The first kappa shape index (κ1) is 24.4. The number of carbonyl (C=O) groups is 3. The molecule has 30 heavy (non-hydrogen) atoms. The van der Waals surface area contributed by atoms with Crippen LogP contribution in [-0.4, -0.2) is 59.6 Å². The van der Waals surface area contributed by atoms with E-state index in [0.717, 1.165) is 19.3 Å². The molecule has 0 radical (unpaired) electrons. The SMILES string of the molecule is CCCC(C)NC(=O)[C@@H]1[C@H]2C=C[C@@H](CC)[C@@H](C(=O)OCC)[C@@H]2C(=O)N1CCCCO. The Hall–Kier alpha value is -1.89. The van der Waals surface area contributed by atoms with Crippen molar-refractivity contribution >= 4 is 17.8 Å². The molecule has 6 atom stereocenters. The summed E-state index contributed by atoms with van der Waals surface area (Å²) < 4.78 is 5.32. The van der Waals surface area contributed by atoms with Gasteiger partial charge in [-0.1, -0.05) is 32.4 Å². The zero-order chi connectivity index (χ0) is 22.3. The van der Waals surface area contributed by atoms with Crippen molar-refractivity contribution in [1.82, 2.24) is 10.2 Å². The molecule has 1 aliphatic carbocycles. The number of hydrogen-bond donors (Lipinski definition) is 2. The first-order chi connectivity index (χ1) is 14.4. The van der Waals surface area contributed by atoms with Crippen molar-refractivity contribution in [3.05, 3.63) is 12.2 Å². The minimum atomic E-state index is -0.633. The van der Waals surface area contributed by atoms with Gasteiger partial charge in [0.2, 0.25) is 11.8 Å². The molecule has 1 fully saturated rings. The fourth-order valence-electron chi connectivity index (χ4n) is 4.92. The summed E-state index contributed by atoms with van der Waals surface area (Å²) in [5, 5.41) is 12.2. The van der Waals surface area contributed by atoms with Crippen LogP contribution in [0.15, 0.2) is 12.2 Å². The highest BCUT2D eigenvalue weighted by Gasteiger charge is 2.57. The lowest BCUT2D eigenvalue weighted by Gasteiger charge is -2.33. The molecule has 0 spiro atoms. The number of nitrogens with zero attached hydrogens (tertiary/aromatic N) is 1. The summed E-state index contributed by atoms with van der Waals surface area (Å²) in [7, 11) is 0. The van der Waals surface area contributed by atoms with Crippen molar-refractivity contribution in [3.8, 4) is 0 Å². The number of aliphatic hydroxyl groups excluding tert-OH is 1. The number of nitrogens with one attached hydrogen (secondary N) is 1. The van der Waals surface area contributed by atoms with Gasteiger partial charge in [0.15, 0.2) is 0 Å². The molecular formula is C23H38N2O5. The molecule has 0 aromatic heterocycles. The van der Waals surface area contributed by atoms with Crippen molar-refractivity contribution in [2.45, 2.75) is 71.9 Å². The topological polar surface area (TPSA) is 95.9 Å². The van der Waals surface area contributed by atoms with E-state index in [1.165, 1.54) is 0 Å². The fraction of sp³-hybridized carbons (Fsp3) is 0.783. The first-order valence-corrected chi connectivity index (χ1v) is 11.5. The van der Waals surface area contributed by atoms with Crippen LogP contribution in [0.5, 0.6) is 0 Å². The summed E-state index contributed by atoms with van der Waals surface area (Å²) in [5.74, 6) is -2.24. The number of unbranched alkanes of at least 4 members (excludes halogenated alkanes) is 1. The molecule has 1 saturated heterocycles. The van der Waals surface area contributed by atoms with E-state index in [9.17, 15) is 14.4 Å². The maximum Gasteiger partial charge on any atom is 0.310 e. The maximum absolute atomic E-state index is 13.5. The molecular weight excluding hydrogens is 384 g/mol. The Kier molecular flexibility index (Phi) is 9.34. The highest BCUT2D eigenvalue weighted by molar-refractivity contribution is 5.96. The van der Waals surface area contributed by atoms with Gasteiger partial charge in [0, 0.05) is 25.1 Å². The molecule has 0 bridgehead atoms. The summed E-state index contributed by atoms with van der Waals surface area (Å²) in [5.41, 5.74) is 0. The summed E-state index contributed by atoms with van der Waals surface area (Å²) in [6, 6.07) is -0.612. The largest absolute Gasteiger partial charge is 0.466 e. The van der Waals surface area contributed by atoms with Gasteiger partial charge >= 0.3 is 5.97 Å². The van der Waals surface area contributed by atoms with E-state index in [1.807, 2.05) is 26.0 Å². The van der Waals surface area contributed by atoms with E-state index in [0.29, 0.717) is 19.4 Å². The van der Waals surface area contributed by atoms with E-state index < -0.39 is 17.9 Å². The summed E-state index contributed by atoms with van der Waals surface area (Å²) in [4.78, 5) is 41.1. The number of aliphatic hydroxyl groups is 1. The zero-order valence-corrected chi connectivity index (χ0v) is 18.8. The Morgan fingerprint density at radius 2 is 1.97 bits per heavy atom. The second-order valence-corrected chi connectivity index (χ2v) is 8.44. The van der Waals surface area contributed by atoms with Gasteiger partial charge in [-0.2, -0.15) is 0 Å². The standard InChI is InChI=1S/C23H38N2O5/c1-5-10-15(4)24-21(27)20-17-12-11-16(6-2)18(23(29)30-7-3)19(17)22(28)25(20)13-8-9-14-26/h11-12,15-20,26H,5-10,13-14H2,1-4H3,(H,24,27)/t15?,16-,17+,18-,19-,20+/m1/s1. The molecule has 0 aromatic rings. The lowest BCUT2D eigenvalue weighted by molar-refractivity contribution is -0.155. The van der Waals surface area contributed by atoms with E-state index in [-0.39, 0.29) is 48.9 Å². The predicted molar refractivity (Wildman–Crippen MR) is 114 cm³/mol. The van der Waals surface area contributed by atoms with E-state index in [4.69, 9.17) is 9.84 Å². The fourth-order valence-corrected chi connectivity index (χ4v) is 4.92. The number of fused-ring (bicyclic) bond motifs is 1. The minimum Gasteiger partial charge on any atom is -0.466 e. The van der Waals surface area contributed by atoms with Gasteiger partial charge in [-0.3, -0.25) is 14.4 Å². The predicted octanol–water partition coefficient (Wildman–Crippen LogP) is 2.28. The van der Waals surface area contributed by atoms with E-state index in [2.05, 4.69) is 12.2 Å². The number of allylic oxidation sites excluding steroid dienone is 1. The Morgan fingerprint density at radius 3 is 2.57 bits per heavy atom. The van der Waals surface area contributed by atoms with E-state index >= 15 is 0 Å². The van der Waals surface area contributed by atoms with Gasteiger partial charge in [-0.25, -0.2) is 0 Å². The van der Waals surface area contributed by atoms with Crippen LogP contribution in [-0.2, 0) is 19.1 Å². The average Bonchev–Trinajstić information content (AvgIpc) is 2.99. The second kappa shape index (κ2) is 11.5. The van der Waals surface area contributed by atoms with Crippen LogP contribution >= 0.6 is 0 Å². The number of amides is 2. The Balaban J connectivity index is 2.36. The van der Waals surface area contributed by atoms with Crippen molar-refractivity contribution < 1.29 is 24.2 Å². The van der Waals surface area contributed by atoms with Crippen LogP contribution in [0.2, 0.25) is 0 Å². The third-order valence-electron chi connectivity index (χ3n) is 6.33. The molecule has 7 heteroatoms. The number of carbonyl (C=O) groups excluding carboxylic acids is 3. The van der Waals surface area contributed by atoms with Crippen LogP contribution in [0.25, 0.3) is 0 Å². The van der Waals surface area contributed by atoms with Gasteiger partial charge in [0.25, 0.3) is 0 Å². The Bertz CT molecular complexity index is 635. The number of esters is 1. The number of hydrogen-bond acceptors (Lipinski definition) is 5. The number of ether oxygens (including phenoxy) is 1. The molecule has 1 heterocycles. The lowest BCUT2D eigenvalue weighted by Crippen LogP contribution is -2.49. The number of likely N-dealkylation sites (tertiary alicyclic amines) is 1. The van der Waals surface area contributed by atoms with Crippen LogP contribution < -0.4 is 5.32 Å². The summed E-state index contributed by atoms with van der Waals surface area (Å²) in [6.45, 7) is 8.50. The molecule has 2 amide bonds. The van der Waals surface area contributed by atoms with Crippen molar-refractivity contribution in [3.63, 3.8) is 0 Å². The van der Waals surface area contributed by atoms with Crippen LogP contribution in [0.1, 0.15) is 59.8 Å². The highest BCUT2D eigenvalue weighted by Crippen LogP contribution is 2.45. The summed E-state index contributed by atoms with van der Waals surface area (Å²) in [6.07, 6.45) is 7.68. The molecule has 0 aromatic carbocycles. The third kappa shape index (κ3) is 5.23. The molecule has 1 unspecified atom stereocenters. The smallest absolute Gasteiger partial charge is 0.310 e. The molecule has 0 saturated carbocycles. The van der Waals surface area contributed by atoms with Gasteiger partial charge in [0.1, 0.15) is 6.04 Å². The lowest BCUT2D eigenvalue weighted by atomic mass is 9.69. The monoisotopic (exact) mass is 422 g/mol. The quantitative estimate of drug-likeness (QED) is 0.303. The molecule has 2 aliphatic rings. The minimum absolute atomic E-state index is 0.0211.